The summed E-state index contributed by atoms with van der Waals surface area (Å²) in [6.07, 6.45) is 1.82. The lowest BCUT2D eigenvalue weighted by Gasteiger charge is -2.05. The summed E-state index contributed by atoms with van der Waals surface area (Å²) in [4.78, 5) is 30.5. The number of rotatable bonds is 3. The summed E-state index contributed by atoms with van der Waals surface area (Å²) in [5.74, 6) is -1.23. The number of hydrogen-bond acceptors (Lipinski definition) is 3. The molecule has 0 radical (unpaired) electrons. The third-order valence-corrected chi connectivity index (χ3v) is 3.51. The largest absolute Gasteiger partial charge is 0.477 e. The second kappa shape index (κ2) is 5.44. The number of nitrogens with zero attached hydrogens (tertiary/aromatic N) is 1. The average Bonchev–Trinajstić information content (AvgIpc) is 2.48. The molecule has 3 rings (SSSR count). The molecule has 0 aliphatic rings. The number of fused-ring (bicyclic) bond motifs is 1. The first kappa shape index (κ1) is 14.0. The molecule has 2 heterocycles. The van der Waals surface area contributed by atoms with Crippen molar-refractivity contribution in [2.75, 3.05) is 0 Å². The van der Waals surface area contributed by atoms with Gasteiger partial charge in [-0.25, -0.2) is 4.79 Å². The number of H-pyrrole nitrogens is 1. The number of carbonyl (C=O) groups is 1. The molecule has 0 atom stereocenters. The van der Waals surface area contributed by atoms with E-state index >= 15 is 0 Å². The lowest BCUT2D eigenvalue weighted by atomic mass is 10.0. The highest BCUT2D eigenvalue weighted by Crippen LogP contribution is 2.14. The highest BCUT2D eigenvalue weighted by Gasteiger charge is 2.11. The molecule has 110 valence electrons. The van der Waals surface area contributed by atoms with E-state index in [4.69, 9.17) is 5.11 Å². The normalized spacial score (nSPS) is 10.8. The summed E-state index contributed by atoms with van der Waals surface area (Å²) in [6.45, 7) is 1.92. The Morgan fingerprint density at radius 1 is 1.27 bits per heavy atom. The Morgan fingerprint density at radius 2 is 2.09 bits per heavy atom. The van der Waals surface area contributed by atoms with E-state index in [0.29, 0.717) is 17.3 Å². The van der Waals surface area contributed by atoms with Gasteiger partial charge < -0.3 is 10.1 Å². The Morgan fingerprint density at radius 3 is 2.82 bits per heavy atom. The molecule has 0 saturated heterocycles. The Hall–Kier alpha value is -2.95. The Balaban J connectivity index is 2.07. The SMILES string of the molecule is Cc1cccc(Cc2ccc3[nH]cc(C(=O)O)c(=O)c3c2)n1. The molecule has 3 aromatic rings. The number of nitrogens with one attached hydrogen (secondary N) is 1. The summed E-state index contributed by atoms with van der Waals surface area (Å²) < 4.78 is 0. The van der Waals surface area contributed by atoms with Crippen LogP contribution in [0.5, 0.6) is 0 Å². The quantitative estimate of drug-likeness (QED) is 0.777. The van der Waals surface area contributed by atoms with Crippen LogP contribution < -0.4 is 5.43 Å². The number of carboxylic acid groups (broad SMARTS) is 1. The summed E-state index contributed by atoms with van der Waals surface area (Å²) in [6, 6.07) is 11.2. The van der Waals surface area contributed by atoms with Gasteiger partial charge in [0.2, 0.25) is 5.43 Å². The molecule has 0 saturated carbocycles. The molecular formula is C17H14N2O3. The molecular weight excluding hydrogens is 280 g/mol. The molecule has 0 amide bonds. The second-order valence-electron chi connectivity index (χ2n) is 5.16. The van der Waals surface area contributed by atoms with Gasteiger partial charge in [0.25, 0.3) is 0 Å². The van der Waals surface area contributed by atoms with Crippen LogP contribution >= 0.6 is 0 Å². The number of aromatic carboxylic acids is 1. The Kier molecular flexibility index (Phi) is 3.47. The molecule has 0 unspecified atom stereocenters. The molecule has 1 aromatic carbocycles. The van der Waals surface area contributed by atoms with Gasteiger partial charge in [0.1, 0.15) is 5.56 Å². The van der Waals surface area contributed by atoms with Gasteiger partial charge >= 0.3 is 5.97 Å². The minimum absolute atomic E-state index is 0.252. The van der Waals surface area contributed by atoms with Crippen LogP contribution in [0.2, 0.25) is 0 Å². The van der Waals surface area contributed by atoms with Crippen molar-refractivity contribution in [2.24, 2.45) is 0 Å². The number of aromatic amines is 1. The lowest BCUT2D eigenvalue weighted by Crippen LogP contribution is -2.15. The summed E-state index contributed by atoms with van der Waals surface area (Å²) in [7, 11) is 0. The predicted molar refractivity (Wildman–Crippen MR) is 83.3 cm³/mol. The van der Waals surface area contributed by atoms with Crippen LogP contribution in [0.15, 0.2) is 47.4 Å². The molecule has 0 aliphatic heterocycles. The molecule has 22 heavy (non-hydrogen) atoms. The van der Waals surface area contributed by atoms with Gasteiger partial charge in [-0.3, -0.25) is 9.78 Å². The average molecular weight is 294 g/mol. The van der Waals surface area contributed by atoms with E-state index in [1.54, 1.807) is 12.1 Å². The van der Waals surface area contributed by atoms with Crippen molar-refractivity contribution in [1.29, 1.82) is 0 Å². The lowest BCUT2D eigenvalue weighted by molar-refractivity contribution is 0.0695. The Bertz CT molecular complexity index is 929. The third kappa shape index (κ3) is 2.61. The van der Waals surface area contributed by atoms with Crippen LogP contribution in [0.1, 0.15) is 27.3 Å². The molecule has 0 aliphatic carbocycles. The zero-order chi connectivity index (χ0) is 15.7. The zero-order valence-corrected chi connectivity index (χ0v) is 12.0. The second-order valence-corrected chi connectivity index (χ2v) is 5.16. The zero-order valence-electron chi connectivity index (χ0n) is 12.0. The number of pyridine rings is 2. The van der Waals surface area contributed by atoms with Gasteiger partial charge in [0.05, 0.1) is 0 Å². The van der Waals surface area contributed by atoms with Crippen molar-refractivity contribution in [2.45, 2.75) is 13.3 Å². The van der Waals surface area contributed by atoms with Gasteiger partial charge in [-0.2, -0.15) is 0 Å². The summed E-state index contributed by atoms with van der Waals surface area (Å²) in [5, 5.41) is 9.41. The molecule has 0 bridgehead atoms. The van der Waals surface area contributed by atoms with Crippen LogP contribution in [0.25, 0.3) is 10.9 Å². The molecule has 5 nitrogen and oxygen atoms in total. The van der Waals surface area contributed by atoms with Crippen molar-refractivity contribution in [3.8, 4) is 0 Å². The van der Waals surface area contributed by atoms with E-state index in [2.05, 4.69) is 9.97 Å². The summed E-state index contributed by atoms with van der Waals surface area (Å²) in [5.41, 5.74) is 2.66. The van der Waals surface area contributed by atoms with E-state index in [-0.39, 0.29) is 5.56 Å². The van der Waals surface area contributed by atoms with E-state index in [9.17, 15) is 9.59 Å². The van der Waals surface area contributed by atoms with Gasteiger partial charge in [0.15, 0.2) is 0 Å². The van der Waals surface area contributed by atoms with Crippen LogP contribution in [-0.2, 0) is 6.42 Å². The topological polar surface area (TPSA) is 83.0 Å². The first-order valence-corrected chi connectivity index (χ1v) is 6.85. The maximum absolute atomic E-state index is 12.2. The number of carboxylic acids is 1. The van der Waals surface area contributed by atoms with Gasteiger partial charge in [-0.15, -0.1) is 0 Å². The smallest absolute Gasteiger partial charge is 0.341 e. The molecule has 2 aromatic heterocycles. The summed E-state index contributed by atoms with van der Waals surface area (Å²) >= 11 is 0. The Labute approximate surface area is 126 Å². The van der Waals surface area contributed by atoms with Gasteiger partial charge in [-0.05, 0) is 36.8 Å². The van der Waals surface area contributed by atoms with Crippen molar-refractivity contribution >= 4 is 16.9 Å². The third-order valence-electron chi connectivity index (χ3n) is 3.51. The predicted octanol–water partition coefficient (Wildman–Crippen LogP) is 2.52. The maximum atomic E-state index is 12.2. The van der Waals surface area contributed by atoms with Crippen LogP contribution in [0.4, 0.5) is 0 Å². The van der Waals surface area contributed by atoms with Crippen molar-refractivity contribution < 1.29 is 9.90 Å². The fourth-order valence-electron chi connectivity index (χ4n) is 2.44. The van der Waals surface area contributed by atoms with Gasteiger partial charge in [0, 0.05) is 34.9 Å². The van der Waals surface area contributed by atoms with E-state index in [1.807, 2.05) is 31.2 Å². The fourth-order valence-corrected chi connectivity index (χ4v) is 2.44. The first-order chi connectivity index (χ1) is 10.5. The standard InChI is InChI=1S/C17H14N2O3/c1-10-3-2-4-12(19-10)7-11-5-6-15-13(8-11)16(20)14(9-18-15)17(21)22/h2-6,8-9H,7H2,1H3,(H,18,20)(H,21,22). The number of aryl methyl sites for hydroxylation is 1. The monoisotopic (exact) mass is 294 g/mol. The van der Waals surface area contributed by atoms with Crippen LogP contribution in [0, 0.1) is 6.92 Å². The maximum Gasteiger partial charge on any atom is 0.341 e. The molecule has 5 heteroatoms. The highest BCUT2D eigenvalue weighted by atomic mass is 16.4. The number of benzene rings is 1. The van der Waals surface area contributed by atoms with Gasteiger partial charge in [-0.1, -0.05) is 12.1 Å². The van der Waals surface area contributed by atoms with E-state index in [0.717, 1.165) is 17.0 Å². The molecule has 0 fully saturated rings. The van der Waals surface area contributed by atoms with Crippen molar-refractivity contribution in [1.82, 2.24) is 9.97 Å². The van der Waals surface area contributed by atoms with Crippen molar-refractivity contribution in [3.05, 3.63) is 75.3 Å². The fraction of sp³-hybridized carbons (Fsp3) is 0.118. The minimum Gasteiger partial charge on any atom is -0.477 e. The van der Waals surface area contributed by atoms with Crippen LogP contribution in [0.3, 0.4) is 0 Å². The number of aromatic nitrogens is 2. The van der Waals surface area contributed by atoms with E-state index in [1.165, 1.54) is 6.20 Å². The molecule has 0 spiro atoms. The van der Waals surface area contributed by atoms with Crippen molar-refractivity contribution in [3.63, 3.8) is 0 Å². The first-order valence-electron chi connectivity index (χ1n) is 6.85. The molecule has 2 N–H and O–H groups in total. The minimum atomic E-state index is -1.23. The highest BCUT2D eigenvalue weighted by molar-refractivity contribution is 5.92. The van der Waals surface area contributed by atoms with Crippen LogP contribution in [-0.4, -0.2) is 21.0 Å². The van der Waals surface area contributed by atoms with E-state index < -0.39 is 11.4 Å². The number of hydrogen-bond donors (Lipinski definition) is 2.